The number of aliphatic hydroxyl groups is 2. The molecular weight excluding hydrogens is 508 g/mol. The molecule has 0 aromatic carbocycles. The Labute approximate surface area is 227 Å². The SMILES string of the molecule is COC(=O)[C@H](OC(C)=O)[C@H]1C(C)(C)C(=O)C[C@@H]2O[C@H]3[C@H]([C@@]21C)[C@@](C)(O)[C@@]12O[C@@H]1C[C@@H](c1ccoc1)[C@]2(C)[C@H]3O. The third-order valence-corrected chi connectivity index (χ3v) is 11.5. The maximum atomic E-state index is 13.6. The van der Waals surface area contributed by atoms with Gasteiger partial charge in [-0.05, 0) is 25.0 Å². The van der Waals surface area contributed by atoms with Crippen LogP contribution >= 0.6 is 0 Å². The van der Waals surface area contributed by atoms with Gasteiger partial charge in [0.15, 0.2) is 0 Å². The molecule has 12 atom stereocenters. The highest BCUT2D eigenvalue weighted by atomic mass is 16.6. The Hall–Kier alpha value is -2.27. The molecule has 2 saturated heterocycles. The molecule has 2 aliphatic heterocycles. The van der Waals surface area contributed by atoms with Crippen LogP contribution in [-0.4, -0.2) is 76.8 Å². The highest BCUT2D eigenvalue weighted by molar-refractivity contribution is 5.88. The lowest BCUT2D eigenvalue weighted by atomic mass is 9.42. The summed E-state index contributed by atoms with van der Waals surface area (Å²) in [5, 5.41) is 24.9. The number of furan rings is 1. The lowest BCUT2D eigenvalue weighted by Gasteiger charge is -2.61. The second kappa shape index (κ2) is 7.93. The topological polar surface area (TPSA) is 145 Å². The third kappa shape index (κ3) is 2.93. The molecule has 214 valence electrons. The van der Waals surface area contributed by atoms with Crippen molar-refractivity contribution in [2.24, 2.45) is 28.1 Å². The fourth-order valence-electron chi connectivity index (χ4n) is 9.99. The Bertz CT molecular complexity index is 1220. The average Bonchev–Trinajstić information content (AvgIpc) is 3.12. The van der Waals surface area contributed by atoms with Gasteiger partial charge in [0, 0.05) is 47.3 Å². The zero-order chi connectivity index (χ0) is 28.5. The molecule has 1 aromatic rings. The number of ketones is 1. The fraction of sp³-hybridized carbons (Fsp3) is 0.759. The number of methoxy groups -OCH3 is 1. The zero-order valence-corrected chi connectivity index (χ0v) is 23.4. The number of Topliss-reactive ketones (excluding diaryl/α,β-unsaturated/α-hetero) is 1. The molecule has 5 aliphatic rings. The van der Waals surface area contributed by atoms with Crippen LogP contribution in [-0.2, 0) is 33.3 Å². The summed E-state index contributed by atoms with van der Waals surface area (Å²) >= 11 is 0. The third-order valence-electron chi connectivity index (χ3n) is 11.5. The van der Waals surface area contributed by atoms with Crippen molar-refractivity contribution in [2.75, 3.05) is 7.11 Å². The largest absolute Gasteiger partial charge is 0.472 e. The van der Waals surface area contributed by atoms with Crippen LogP contribution in [0.3, 0.4) is 0 Å². The smallest absolute Gasteiger partial charge is 0.347 e. The van der Waals surface area contributed by atoms with Gasteiger partial charge in [0.25, 0.3) is 0 Å². The summed E-state index contributed by atoms with van der Waals surface area (Å²) in [7, 11) is 1.20. The molecule has 6 rings (SSSR count). The van der Waals surface area contributed by atoms with Crippen molar-refractivity contribution in [3.05, 3.63) is 24.2 Å². The van der Waals surface area contributed by atoms with Crippen LogP contribution in [0.4, 0.5) is 0 Å². The highest BCUT2D eigenvalue weighted by Crippen LogP contribution is 2.79. The first-order valence-electron chi connectivity index (χ1n) is 13.7. The normalized spacial score (nSPS) is 49.8. The van der Waals surface area contributed by atoms with E-state index < -0.39 is 75.6 Å². The molecule has 3 heterocycles. The van der Waals surface area contributed by atoms with Gasteiger partial charge in [0.2, 0.25) is 6.10 Å². The summed E-state index contributed by atoms with van der Waals surface area (Å²) in [6.45, 7) is 10.2. The first-order chi connectivity index (χ1) is 18.1. The number of carbonyl (C=O) groups excluding carboxylic acids is 3. The van der Waals surface area contributed by atoms with E-state index in [0.717, 1.165) is 5.56 Å². The molecule has 39 heavy (non-hydrogen) atoms. The monoisotopic (exact) mass is 546 g/mol. The number of ether oxygens (including phenoxy) is 4. The van der Waals surface area contributed by atoms with Crippen LogP contribution in [0, 0.1) is 28.1 Å². The predicted octanol–water partition coefficient (Wildman–Crippen LogP) is 2.15. The Morgan fingerprint density at radius 1 is 1.15 bits per heavy atom. The van der Waals surface area contributed by atoms with Crippen LogP contribution in [0.15, 0.2) is 23.0 Å². The molecule has 0 radical (unpaired) electrons. The van der Waals surface area contributed by atoms with Gasteiger partial charge in [-0.2, -0.15) is 0 Å². The molecule has 3 aliphatic carbocycles. The molecule has 0 unspecified atom stereocenters. The van der Waals surface area contributed by atoms with Crippen molar-refractivity contribution in [1.82, 2.24) is 0 Å². The fourth-order valence-corrected chi connectivity index (χ4v) is 9.99. The standard InChI is InChI=1S/C29H38O10/c1-13(30)37-20(24(33)35-7)21-25(2,3)16(31)11-17-26(21,4)22-19(38-17)23(32)27(5)15(14-8-9-36-12-14)10-18-29(27,39-18)28(22,6)34/h8-9,12,15,17-23,32,34H,10-11H2,1-7H3/t15-,17-,18+,19-,20+,21-,22+,23-,26-,27+,28+,29+/m0/s1. The van der Waals surface area contributed by atoms with Crippen LogP contribution < -0.4 is 0 Å². The Balaban J connectivity index is 1.53. The molecule has 5 fully saturated rings. The molecule has 0 bridgehead atoms. The first kappa shape index (κ1) is 26.9. The van der Waals surface area contributed by atoms with Crippen LogP contribution in [0.5, 0.6) is 0 Å². The van der Waals surface area contributed by atoms with Gasteiger partial charge in [-0.25, -0.2) is 4.79 Å². The predicted molar refractivity (Wildman–Crippen MR) is 133 cm³/mol. The molecule has 1 aromatic heterocycles. The first-order valence-corrected chi connectivity index (χ1v) is 13.7. The van der Waals surface area contributed by atoms with Crippen molar-refractivity contribution in [3.8, 4) is 0 Å². The molecular formula is C29H38O10. The van der Waals surface area contributed by atoms with Gasteiger partial charge in [-0.3, -0.25) is 9.59 Å². The van der Waals surface area contributed by atoms with Crippen molar-refractivity contribution >= 4 is 17.7 Å². The van der Waals surface area contributed by atoms with Crippen molar-refractivity contribution < 1.29 is 48.0 Å². The number of epoxide rings is 1. The number of hydrogen-bond donors (Lipinski definition) is 2. The van der Waals surface area contributed by atoms with E-state index >= 15 is 0 Å². The number of aliphatic hydroxyl groups excluding tert-OH is 1. The second-order valence-corrected chi connectivity index (χ2v) is 13.4. The minimum atomic E-state index is -1.54. The Morgan fingerprint density at radius 2 is 1.85 bits per heavy atom. The lowest BCUT2D eigenvalue weighted by Crippen LogP contribution is -2.74. The minimum Gasteiger partial charge on any atom is -0.472 e. The molecule has 0 amide bonds. The van der Waals surface area contributed by atoms with Crippen LogP contribution in [0.2, 0.25) is 0 Å². The number of fused-ring (bicyclic) bond motifs is 3. The van der Waals surface area contributed by atoms with Gasteiger partial charge >= 0.3 is 11.9 Å². The van der Waals surface area contributed by atoms with Crippen molar-refractivity contribution in [2.45, 2.75) is 102 Å². The number of esters is 2. The number of carbonyl (C=O) groups is 3. The van der Waals surface area contributed by atoms with Crippen LogP contribution in [0.25, 0.3) is 0 Å². The molecule has 1 spiro atoms. The van der Waals surface area contributed by atoms with E-state index in [2.05, 4.69) is 0 Å². The molecule has 2 N–H and O–H groups in total. The lowest BCUT2D eigenvalue weighted by molar-refractivity contribution is -0.247. The van der Waals surface area contributed by atoms with E-state index in [4.69, 9.17) is 23.4 Å². The van der Waals surface area contributed by atoms with E-state index in [-0.39, 0.29) is 24.2 Å². The maximum absolute atomic E-state index is 13.6. The van der Waals surface area contributed by atoms with E-state index in [1.165, 1.54) is 14.0 Å². The highest BCUT2D eigenvalue weighted by Gasteiger charge is 2.90. The maximum Gasteiger partial charge on any atom is 0.347 e. The quantitative estimate of drug-likeness (QED) is 0.426. The number of hydrogen-bond acceptors (Lipinski definition) is 10. The van der Waals surface area contributed by atoms with E-state index in [0.29, 0.717) is 6.42 Å². The van der Waals surface area contributed by atoms with Crippen LogP contribution in [0.1, 0.15) is 65.9 Å². The van der Waals surface area contributed by atoms with Gasteiger partial charge in [0.1, 0.15) is 17.0 Å². The minimum absolute atomic E-state index is 0.0307. The van der Waals surface area contributed by atoms with E-state index in [1.54, 1.807) is 33.3 Å². The zero-order valence-electron chi connectivity index (χ0n) is 23.4. The van der Waals surface area contributed by atoms with Crippen molar-refractivity contribution in [1.29, 1.82) is 0 Å². The second-order valence-electron chi connectivity index (χ2n) is 13.4. The molecule has 10 nitrogen and oxygen atoms in total. The molecule has 3 saturated carbocycles. The van der Waals surface area contributed by atoms with Gasteiger partial charge in [-0.15, -0.1) is 0 Å². The van der Waals surface area contributed by atoms with E-state index in [1.807, 2.05) is 19.9 Å². The van der Waals surface area contributed by atoms with Gasteiger partial charge in [-0.1, -0.05) is 27.7 Å². The summed E-state index contributed by atoms with van der Waals surface area (Å²) in [4.78, 5) is 38.9. The van der Waals surface area contributed by atoms with E-state index in [9.17, 15) is 24.6 Å². The number of rotatable bonds is 4. The summed E-state index contributed by atoms with van der Waals surface area (Å²) in [5.74, 6) is -3.47. The van der Waals surface area contributed by atoms with Gasteiger partial charge in [0.05, 0.1) is 44.1 Å². The van der Waals surface area contributed by atoms with Gasteiger partial charge < -0.3 is 33.6 Å². The average molecular weight is 547 g/mol. The summed E-state index contributed by atoms with van der Waals surface area (Å²) in [5.41, 5.74) is -4.87. The van der Waals surface area contributed by atoms with Crippen molar-refractivity contribution in [3.63, 3.8) is 0 Å². The Morgan fingerprint density at radius 3 is 2.44 bits per heavy atom. The molecule has 10 heteroatoms. The Kier molecular flexibility index (Phi) is 5.47. The summed E-state index contributed by atoms with van der Waals surface area (Å²) in [6.07, 6.45) is -0.535. The summed E-state index contributed by atoms with van der Waals surface area (Å²) < 4.78 is 28.9. The summed E-state index contributed by atoms with van der Waals surface area (Å²) in [6, 6.07) is 1.87.